The SMILES string of the molecule is COc1ccc(-c2nc(Br)c(CN)[nH]2)c(OC)c1. The van der Waals surface area contributed by atoms with E-state index in [0.29, 0.717) is 18.1 Å². The summed E-state index contributed by atoms with van der Waals surface area (Å²) in [5.41, 5.74) is 7.32. The maximum Gasteiger partial charge on any atom is 0.142 e. The smallest absolute Gasteiger partial charge is 0.142 e. The fourth-order valence-electron chi connectivity index (χ4n) is 1.65. The van der Waals surface area contributed by atoms with Crippen molar-refractivity contribution in [3.05, 3.63) is 28.5 Å². The number of nitrogens with two attached hydrogens (primary N) is 1. The fourth-order valence-corrected chi connectivity index (χ4v) is 2.08. The van der Waals surface area contributed by atoms with Crippen molar-refractivity contribution in [1.29, 1.82) is 0 Å². The van der Waals surface area contributed by atoms with Crippen LogP contribution in [0.15, 0.2) is 22.8 Å². The first-order valence-electron chi connectivity index (χ1n) is 5.36. The highest BCUT2D eigenvalue weighted by molar-refractivity contribution is 9.10. The van der Waals surface area contributed by atoms with E-state index in [4.69, 9.17) is 15.2 Å². The Balaban J connectivity index is 2.48. The Morgan fingerprint density at radius 1 is 1.33 bits per heavy atom. The number of nitrogens with zero attached hydrogens (tertiary/aromatic N) is 1. The van der Waals surface area contributed by atoms with Crippen molar-refractivity contribution in [1.82, 2.24) is 9.97 Å². The number of hydrogen-bond acceptors (Lipinski definition) is 4. The Morgan fingerprint density at radius 2 is 2.11 bits per heavy atom. The van der Waals surface area contributed by atoms with Gasteiger partial charge in [-0.3, -0.25) is 0 Å². The Bertz CT molecular complexity index is 554. The molecule has 0 spiro atoms. The third-order valence-corrected chi connectivity index (χ3v) is 3.25. The molecule has 96 valence electrons. The van der Waals surface area contributed by atoms with Crippen LogP contribution in [0.3, 0.4) is 0 Å². The number of imidazole rings is 1. The van der Waals surface area contributed by atoms with Gasteiger partial charge in [-0.05, 0) is 28.1 Å². The van der Waals surface area contributed by atoms with Gasteiger partial charge in [-0.15, -0.1) is 0 Å². The van der Waals surface area contributed by atoms with Crippen LogP contribution in [0, 0.1) is 0 Å². The number of hydrogen-bond donors (Lipinski definition) is 2. The van der Waals surface area contributed by atoms with E-state index in [2.05, 4.69) is 25.9 Å². The maximum atomic E-state index is 5.61. The highest BCUT2D eigenvalue weighted by Crippen LogP contribution is 2.32. The van der Waals surface area contributed by atoms with E-state index < -0.39 is 0 Å². The molecule has 1 heterocycles. The summed E-state index contributed by atoms with van der Waals surface area (Å²) in [5, 5.41) is 0. The minimum Gasteiger partial charge on any atom is -0.497 e. The quantitative estimate of drug-likeness (QED) is 0.908. The zero-order chi connectivity index (χ0) is 13.1. The maximum absolute atomic E-state index is 5.61. The molecule has 0 saturated carbocycles. The number of ether oxygens (including phenoxy) is 2. The lowest BCUT2D eigenvalue weighted by atomic mass is 10.2. The Kier molecular flexibility index (Phi) is 3.88. The molecule has 2 aromatic rings. The van der Waals surface area contributed by atoms with E-state index in [1.807, 2.05) is 18.2 Å². The molecule has 0 unspecified atom stereocenters. The van der Waals surface area contributed by atoms with Gasteiger partial charge in [-0.1, -0.05) is 0 Å². The predicted octanol–water partition coefficient (Wildman–Crippen LogP) is 2.32. The van der Waals surface area contributed by atoms with E-state index in [9.17, 15) is 0 Å². The number of methoxy groups -OCH3 is 2. The molecular formula is C12H14BrN3O2. The van der Waals surface area contributed by atoms with Gasteiger partial charge in [-0.2, -0.15) is 0 Å². The second-order valence-electron chi connectivity index (χ2n) is 3.63. The van der Waals surface area contributed by atoms with Crippen LogP contribution >= 0.6 is 15.9 Å². The molecule has 5 nitrogen and oxygen atoms in total. The lowest BCUT2D eigenvalue weighted by Gasteiger charge is -2.08. The third kappa shape index (κ3) is 2.34. The molecule has 0 saturated heterocycles. The summed E-state index contributed by atoms with van der Waals surface area (Å²) >= 11 is 3.36. The van der Waals surface area contributed by atoms with Crippen molar-refractivity contribution >= 4 is 15.9 Å². The van der Waals surface area contributed by atoms with Crippen LogP contribution in [-0.2, 0) is 6.54 Å². The predicted molar refractivity (Wildman–Crippen MR) is 72.7 cm³/mol. The lowest BCUT2D eigenvalue weighted by Crippen LogP contribution is -1.97. The highest BCUT2D eigenvalue weighted by Gasteiger charge is 2.13. The van der Waals surface area contributed by atoms with Crippen LogP contribution < -0.4 is 15.2 Å². The van der Waals surface area contributed by atoms with Gasteiger partial charge in [0.25, 0.3) is 0 Å². The Labute approximate surface area is 113 Å². The molecule has 1 aromatic heterocycles. The normalized spacial score (nSPS) is 10.4. The number of benzene rings is 1. The average Bonchev–Trinajstić information content (AvgIpc) is 2.79. The summed E-state index contributed by atoms with van der Waals surface area (Å²) in [4.78, 5) is 7.53. The summed E-state index contributed by atoms with van der Waals surface area (Å²) in [6, 6.07) is 5.56. The van der Waals surface area contributed by atoms with Gasteiger partial charge >= 0.3 is 0 Å². The monoisotopic (exact) mass is 311 g/mol. The van der Waals surface area contributed by atoms with Crippen molar-refractivity contribution in [3.8, 4) is 22.9 Å². The first-order chi connectivity index (χ1) is 8.69. The van der Waals surface area contributed by atoms with E-state index >= 15 is 0 Å². The molecule has 2 rings (SSSR count). The highest BCUT2D eigenvalue weighted by atomic mass is 79.9. The minimum absolute atomic E-state index is 0.395. The Morgan fingerprint density at radius 3 is 2.67 bits per heavy atom. The number of aromatic amines is 1. The van der Waals surface area contributed by atoms with Crippen LogP contribution in [-0.4, -0.2) is 24.2 Å². The molecule has 1 aromatic carbocycles. The van der Waals surface area contributed by atoms with E-state index in [1.54, 1.807) is 14.2 Å². The third-order valence-electron chi connectivity index (χ3n) is 2.60. The molecule has 6 heteroatoms. The summed E-state index contributed by atoms with van der Waals surface area (Å²) in [7, 11) is 3.23. The minimum atomic E-state index is 0.395. The van der Waals surface area contributed by atoms with E-state index in [1.165, 1.54) is 0 Å². The fraction of sp³-hybridized carbons (Fsp3) is 0.250. The van der Waals surface area contributed by atoms with Crippen molar-refractivity contribution in [2.45, 2.75) is 6.54 Å². The van der Waals surface area contributed by atoms with Crippen LogP contribution in [0.1, 0.15) is 5.69 Å². The molecule has 0 aliphatic carbocycles. The van der Waals surface area contributed by atoms with Crippen molar-refractivity contribution in [2.24, 2.45) is 5.73 Å². The molecule has 18 heavy (non-hydrogen) atoms. The van der Waals surface area contributed by atoms with Gasteiger partial charge in [0.15, 0.2) is 0 Å². The van der Waals surface area contributed by atoms with Crippen LogP contribution in [0.4, 0.5) is 0 Å². The van der Waals surface area contributed by atoms with Crippen LogP contribution in [0.2, 0.25) is 0 Å². The van der Waals surface area contributed by atoms with Crippen LogP contribution in [0.5, 0.6) is 11.5 Å². The number of nitrogens with one attached hydrogen (secondary N) is 1. The second kappa shape index (κ2) is 5.41. The standard InChI is InChI=1S/C12H14BrN3O2/c1-17-7-3-4-8(10(5-7)18-2)12-15-9(6-14)11(13)16-12/h3-5H,6,14H2,1-2H3,(H,15,16). The van der Waals surface area contributed by atoms with Gasteiger partial charge in [0.2, 0.25) is 0 Å². The second-order valence-corrected chi connectivity index (χ2v) is 4.38. The zero-order valence-electron chi connectivity index (χ0n) is 10.2. The van der Waals surface area contributed by atoms with Crippen molar-refractivity contribution in [3.63, 3.8) is 0 Å². The first kappa shape index (κ1) is 12.9. The van der Waals surface area contributed by atoms with Gasteiger partial charge in [0, 0.05) is 12.6 Å². The van der Waals surface area contributed by atoms with Crippen molar-refractivity contribution < 1.29 is 9.47 Å². The summed E-state index contributed by atoms with van der Waals surface area (Å²) in [6.07, 6.45) is 0. The molecule has 0 amide bonds. The number of halogens is 1. The number of rotatable bonds is 4. The topological polar surface area (TPSA) is 73.2 Å². The number of aromatic nitrogens is 2. The Hall–Kier alpha value is -1.53. The molecular weight excluding hydrogens is 298 g/mol. The van der Waals surface area contributed by atoms with Gasteiger partial charge in [0.1, 0.15) is 21.9 Å². The molecule has 0 atom stereocenters. The van der Waals surface area contributed by atoms with E-state index in [0.717, 1.165) is 21.6 Å². The first-order valence-corrected chi connectivity index (χ1v) is 6.15. The molecule has 3 N–H and O–H groups in total. The molecule has 0 radical (unpaired) electrons. The average molecular weight is 312 g/mol. The molecule has 0 aliphatic rings. The molecule has 0 bridgehead atoms. The summed E-state index contributed by atoms with van der Waals surface area (Å²) in [6.45, 7) is 0.395. The molecule has 0 fully saturated rings. The number of H-pyrrole nitrogens is 1. The molecule has 0 aliphatic heterocycles. The van der Waals surface area contributed by atoms with Crippen molar-refractivity contribution in [2.75, 3.05) is 14.2 Å². The largest absolute Gasteiger partial charge is 0.497 e. The zero-order valence-corrected chi connectivity index (χ0v) is 11.7. The van der Waals surface area contributed by atoms with Crippen LogP contribution in [0.25, 0.3) is 11.4 Å². The van der Waals surface area contributed by atoms with Gasteiger partial charge in [-0.25, -0.2) is 4.98 Å². The van der Waals surface area contributed by atoms with Gasteiger partial charge in [0.05, 0.1) is 25.5 Å². The van der Waals surface area contributed by atoms with E-state index in [-0.39, 0.29) is 0 Å². The lowest BCUT2D eigenvalue weighted by molar-refractivity contribution is 0.395. The summed E-state index contributed by atoms with van der Waals surface area (Å²) in [5.74, 6) is 2.14. The van der Waals surface area contributed by atoms with Gasteiger partial charge < -0.3 is 20.2 Å². The summed E-state index contributed by atoms with van der Waals surface area (Å²) < 4.78 is 11.2.